The molecular formula is C23H28N2O7S. The largest absolute Gasteiger partial charge is 0.493 e. The summed E-state index contributed by atoms with van der Waals surface area (Å²) >= 11 is 0. The maximum absolute atomic E-state index is 12.6. The van der Waals surface area contributed by atoms with Crippen molar-refractivity contribution in [2.75, 3.05) is 39.2 Å². The van der Waals surface area contributed by atoms with Gasteiger partial charge in [-0.1, -0.05) is 26.0 Å². The highest BCUT2D eigenvalue weighted by Gasteiger charge is 2.21. The summed E-state index contributed by atoms with van der Waals surface area (Å²) in [5.74, 6) is -0.237. The van der Waals surface area contributed by atoms with Crippen LogP contribution in [0, 0.1) is 0 Å². The average molecular weight is 477 g/mol. The standard InChI is InChI=1S/C23H28N2O7S/c1-5-25(6-2)33(28,29)19-9-7-8-18(15-19)24-22(26)16-32-23(27)13-11-17-10-12-20(30-3)21(14-17)31-4/h7-15H,5-6,16H2,1-4H3,(H,24,26)/b13-11+. The van der Waals surface area contributed by atoms with Gasteiger partial charge in [-0.25, -0.2) is 13.2 Å². The van der Waals surface area contributed by atoms with Gasteiger partial charge in [0.2, 0.25) is 10.0 Å². The molecule has 1 amide bonds. The van der Waals surface area contributed by atoms with Gasteiger partial charge in [0, 0.05) is 24.9 Å². The molecule has 2 aromatic rings. The van der Waals surface area contributed by atoms with Crippen LogP contribution in [-0.4, -0.2) is 58.5 Å². The Balaban J connectivity index is 1.95. The highest BCUT2D eigenvalue weighted by atomic mass is 32.2. The molecule has 9 nitrogen and oxygen atoms in total. The second-order valence-corrected chi connectivity index (χ2v) is 8.66. The van der Waals surface area contributed by atoms with Crippen molar-refractivity contribution in [3.8, 4) is 11.5 Å². The summed E-state index contributed by atoms with van der Waals surface area (Å²) in [4.78, 5) is 24.2. The normalized spacial score (nSPS) is 11.4. The summed E-state index contributed by atoms with van der Waals surface area (Å²) in [6.45, 7) is 3.65. The number of rotatable bonds is 11. The summed E-state index contributed by atoms with van der Waals surface area (Å²) in [5.41, 5.74) is 0.963. The Labute approximate surface area is 194 Å². The summed E-state index contributed by atoms with van der Waals surface area (Å²) < 4.78 is 41.9. The van der Waals surface area contributed by atoms with E-state index in [4.69, 9.17) is 14.2 Å². The molecule has 0 radical (unpaired) electrons. The maximum atomic E-state index is 12.6. The zero-order chi connectivity index (χ0) is 24.4. The molecule has 0 saturated heterocycles. The van der Waals surface area contributed by atoms with Crippen LogP contribution < -0.4 is 14.8 Å². The van der Waals surface area contributed by atoms with Crippen molar-refractivity contribution in [2.24, 2.45) is 0 Å². The molecule has 0 aliphatic carbocycles. The number of benzene rings is 2. The minimum Gasteiger partial charge on any atom is -0.493 e. The van der Waals surface area contributed by atoms with E-state index >= 15 is 0 Å². The fraction of sp³-hybridized carbons (Fsp3) is 0.304. The molecule has 0 heterocycles. The lowest BCUT2D eigenvalue weighted by Crippen LogP contribution is -2.30. The fourth-order valence-corrected chi connectivity index (χ4v) is 4.45. The first kappa shape index (κ1) is 25.9. The van der Waals surface area contributed by atoms with Gasteiger partial charge in [0.25, 0.3) is 5.91 Å². The van der Waals surface area contributed by atoms with Crippen LogP contribution in [0.4, 0.5) is 5.69 Å². The van der Waals surface area contributed by atoms with E-state index in [0.29, 0.717) is 30.2 Å². The second-order valence-electron chi connectivity index (χ2n) is 6.72. The summed E-state index contributed by atoms with van der Waals surface area (Å²) in [5, 5.41) is 2.53. The van der Waals surface area contributed by atoms with Crippen molar-refractivity contribution in [3.63, 3.8) is 0 Å². The highest BCUT2D eigenvalue weighted by molar-refractivity contribution is 7.89. The molecular weight excluding hydrogens is 448 g/mol. The van der Waals surface area contributed by atoms with E-state index in [1.54, 1.807) is 38.1 Å². The number of amides is 1. The number of esters is 1. The predicted octanol–water partition coefficient (Wildman–Crippen LogP) is 2.93. The van der Waals surface area contributed by atoms with Crippen LogP contribution in [0.5, 0.6) is 11.5 Å². The number of nitrogens with one attached hydrogen (secondary N) is 1. The van der Waals surface area contributed by atoms with Crippen LogP contribution in [-0.2, 0) is 24.3 Å². The van der Waals surface area contributed by atoms with E-state index in [1.165, 1.54) is 48.9 Å². The zero-order valence-electron chi connectivity index (χ0n) is 19.0. The predicted molar refractivity (Wildman–Crippen MR) is 125 cm³/mol. The van der Waals surface area contributed by atoms with Crippen LogP contribution in [0.3, 0.4) is 0 Å². The van der Waals surface area contributed by atoms with E-state index in [2.05, 4.69) is 5.32 Å². The summed E-state index contributed by atoms with van der Waals surface area (Å²) in [6.07, 6.45) is 2.70. The monoisotopic (exact) mass is 476 g/mol. The number of sulfonamides is 1. The number of methoxy groups -OCH3 is 2. The van der Waals surface area contributed by atoms with Crippen molar-refractivity contribution in [3.05, 3.63) is 54.1 Å². The van der Waals surface area contributed by atoms with Gasteiger partial charge in [0.1, 0.15) is 0 Å². The van der Waals surface area contributed by atoms with Crippen LogP contribution >= 0.6 is 0 Å². The fourth-order valence-electron chi connectivity index (χ4n) is 2.95. The Morgan fingerprint density at radius 3 is 2.33 bits per heavy atom. The molecule has 0 spiro atoms. The van der Waals surface area contributed by atoms with Gasteiger partial charge in [-0.15, -0.1) is 0 Å². The van der Waals surface area contributed by atoms with E-state index in [0.717, 1.165) is 0 Å². The topological polar surface area (TPSA) is 111 Å². The van der Waals surface area contributed by atoms with Crippen molar-refractivity contribution < 1.29 is 32.2 Å². The lowest BCUT2D eigenvalue weighted by atomic mass is 10.2. The van der Waals surface area contributed by atoms with Gasteiger partial charge in [0.15, 0.2) is 18.1 Å². The Hall–Kier alpha value is -3.37. The number of anilines is 1. The van der Waals surface area contributed by atoms with Crippen LogP contribution in [0.15, 0.2) is 53.4 Å². The number of ether oxygens (including phenoxy) is 3. The van der Waals surface area contributed by atoms with Crippen molar-refractivity contribution in [1.29, 1.82) is 0 Å². The second kappa shape index (κ2) is 12.0. The van der Waals surface area contributed by atoms with Gasteiger partial charge >= 0.3 is 5.97 Å². The number of nitrogens with zero attached hydrogens (tertiary/aromatic N) is 1. The smallest absolute Gasteiger partial charge is 0.331 e. The zero-order valence-corrected chi connectivity index (χ0v) is 19.8. The average Bonchev–Trinajstić information content (AvgIpc) is 2.82. The van der Waals surface area contributed by atoms with Crippen molar-refractivity contribution in [1.82, 2.24) is 4.31 Å². The summed E-state index contributed by atoms with van der Waals surface area (Å²) in [7, 11) is -0.627. The molecule has 1 N–H and O–H groups in total. The van der Waals surface area contributed by atoms with E-state index in [9.17, 15) is 18.0 Å². The van der Waals surface area contributed by atoms with Crippen LogP contribution in [0.25, 0.3) is 6.08 Å². The maximum Gasteiger partial charge on any atom is 0.331 e. The van der Waals surface area contributed by atoms with Crippen molar-refractivity contribution >= 4 is 33.7 Å². The van der Waals surface area contributed by atoms with E-state index < -0.39 is 28.5 Å². The Morgan fingerprint density at radius 2 is 1.70 bits per heavy atom. The Bertz CT molecular complexity index is 1110. The first-order valence-electron chi connectivity index (χ1n) is 10.2. The lowest BCUT2D eigenvalue weighted by molar-refractivity contribution is -0.142. The lowest BCUT2D eigenvalue weighted by Gasteiger charge is -2.18. The molecule has 0 aliphatic rings. The number of carbonyl (C=O) groups is 2. The van der Waals surface area contributed by atoms with Gasteiger partial charge in [-0.05, 0) is 42.0 Å². The molecule has 10 heteroatoms. The third kappa shape index (κ3) is 7.06. The molecule has 0 fully saturated rings. The molecule has 2 aromatic carbocycles. The van der Waals surface area contributed by atoms with Crippen LogP contribution in [0.1, 0.15) is 19.4 Å². The highest BCUT2D eigenvalue weighted by Crippen LogP contribution is 2.28. The Morgan fingerprint density at radius 1 is 1.00 bits per heavy atom. The van der Waals surface area contributed by atoms with Gasteiger partial charge < -0.3 is 19.5 Å². The van der Waals surface area contributed by atoms with E-state index in [-0.39, 0.29) is 10.6 Å². The van der Waals surface area contributed by atoms with Gasteiger partial charge in [0.05, 0.1) is 19.1 Å². The Kier molecular flexibility index (Phi) is 9.43. The number of hydrogen-bond donors (Lipinski definition) is 1. The molecule has 178 valence electrons. The molecule has 0 saturated carbocycles. The quantitative estimate of drug-likeness (QED) is 0.392. The molecule has 2 rings (SSSR count). The third-order valence-corrected chi connectivity index (χ3v) is 6.67. The molecule has 0 unspecified atom stereocenters. The summed E-state index contributed by atoms with van der Waals surface area (Å²) in [6, 6.07) is 11.0. The minimum absolute atomic E-state index is 0.0684. The number of carbonyl (C=O) groups excluding carboxylic acids is 2. The first-order valence-corrected chi connectivity index (χ1v) is 11.7. The SMILES string of the molecule is CCN(CC)S(=O)(=O)c1cccc(NC(=O)COC(=O)/C=C/c2ccc(OC)c(OC)c2)c1. The van der Waals surface area contributed by atoms with E-state index in [1.807, 2.05) is 0 Å². The van der Waals surface area contributed by atoms with Gasteiger partial charge in [-0.2, -0.15) is 4.31 Å². The first-order chi connectivity index (χ1) is 15.7. The third-order valence-electron chi connectivity index (χ3n) is 4.63. The molecule has 0 aromatic heterocycles. The molecule has 33 heavy (non-hydrogen) atoms. The minimum atomic E-state index is -3.66. The molecule has 0 aliphatic heterocycles. The van der Waals surface area contributed by atoms with Crippen molar-refractivity contribution in [2.45, 2.75) is 18.7 Å². The molecule has 0 atom stereocenters. The van der Waals surface area contributed by atoms with Crippen LogP contribution in [0.2, 0.25) is 0 Å². The molecule has 0 bridgehead atoms. The van der Waals surface area contributed by atoms with Gasteiger partial charge in [-0.3, -0.25) is 4.79 Å². The number of hydrogen-bond acceptors (Lipinski definition) is 7.